The molecule has 2 atom stereocenters. The number of thiol groups is 1. The van der Waals surface area contributed by atoms with Gasteiger partial charge in [0.15, 0.2) is 0 Å². The molecule has 0 bridgehead atoms. The molecule has 0 amide bonds. The maximum atomic E-state index is 5.16. The molecular weight excluding hydrogens is 196 g/mol. The largest absolute Gasteiger partial charge is 0.136 e. The van der Waals surface area contributed by atoms with E-state index in [2.05, 4.69) is 50.8 Å². The van der Waals surface area contributed by atoms with E-state index >= 15 is 0 Å². The summed E-state index contributed by atoms with van der Waals surface area (Å²) in [7, 11) is 0. The fraction of sp³-hybridized carbons (Fsp3) is 0.545. The quantitative estimate of drug-likeness (QED) is 0.548. The standard InChI is InChI=1S/C11H16S2/c1-3-7-11(2)8-5-4-6-9(11)10(12)13/h4-6,8-9H,3,7H2,1-2H3,(H,12,13). The van der Waals surface area contributed by atoms with Gasteiger partial charge in [0.25, 0.3) is 0 Å². The monoisotopic (exact) mass is 212 g/mol. The Labute approximate surface area is 91.5 Å². The molecule has 0 saturated heterocycles. The summed E-state index contributed by atoms with van der Waals surface area (Å²) in [5.74, 6) is 0.316. The third-order valence-corrected chi connectivity index (χ3v) is 3.19. The van der Waals surface area contributed by atoms with Crippen molar-refractivity contribution >= 4 is 29.0 Å². The lowest BCUT2D eigenvalue weighted by atomic mass is 9.72. The zero-order chi connectivity index (χ0) is 9.90. The van der Waals surface area contributed by atoms with E-state index in [9.17, 15) is 0 Å². The molecule has 0 aliphatic heterocycles. The molecule has 1 aliphatic rings. The Balaban J connectivity index is 2.86. The van der Waals surface area contributed by atoms with Gasteiger partial charge >= 0.3 is 0 Å². The average molecular weight is 212 g/mol. The van der Waals surface area contributed by atoms with Crippen molar-refractivity contribution < 1.29 is 0 Å². The molecular formula is C11H16S2. The van der Waals surface area contributed by atoms with Crippen LogP contribution in [0.15, 0.2) is 24.3 Å². The summed E-state index contributed by atoms with van der Waals surface area (Å²) in [6, 6.07) is 0. The van der Waals surface area contributed by atoms with Gasteiger partial charge in [-0.2, -0.15) is 0 Å². The Hall–Kier alpha value is -0.0800. The predicted octanol–water partition coefficient (Wildman–Crippen LogP) is 3.79. The van der Waals surface area contributed by atoms with E-state index in [-0.39, 0.29) is 5.41 Å². The Morgan fingerprint density at radius 1 is 1.54 bits per heavy atom. The van der Waals surface area contributed by atoms with Crippen molar-refractivity contribution in [2.75, 3.05) is 0 Å². The summed E-state index contributed by atoms with van der Waals surface area (Å²) in [6.45, 7) is 4.46. The van der Waals surface area contributed by atoms with Gasteiger partial charge in [-0.1, -0.05) is 56.8 Å². The van der Waals surface area contributed by atoms with Gasteiger partial charge in [-0.15, -0.1) is 12.6 Å². The summed E-state index contributed by atoms with van der Waals surface area (Å²) in [5.41, 5.74) is 0.183. The van der Waals surface area contributed by atoms with Crippen LogP contribution in [0.1, 0.15) is 26.7 Å². The summed E-state index contributed by atoms with van der Waals surface area (Å²) in [4.78, 5) is 0. The van der Waals surface area contributed by atoms with Crippen molar-refractivity contribution in [1.29, 1.82) is 0 Å². The van der Waals surface area contributed by atoms with Crippen LogP contribution in [-0.4, -0.2) is 4.20 Å². The molecule has 0 saturated carbocycles. The minimum Gasteiger partial charge on any atom is -0.136 e. The lowest BCUT2D eigenvalue weighted by Crippen LogP contribution is -2.28. The maximum Gasteiger partial charge on any atom is 0.0525 e. The molecule has 1 aliphatic carbocycles. The van der Waals surface area contributed by atoms with Crippen LogP contribution in [0.3, 0.4) is 0 Å². The molecule has 0 N–H and O–H groups in total. The molecule has 0 aromatic carbocycles. The zero-order valence-electron chi connectivity index (χ0n) is 8.16. The highest BCUT2D eigenvalue weighted by Crippen LogP contribution is 2.39. The van der Waals surface area contributed by atoms with E-state index in [0.29, 0.717) is 5.92 Å². The Kier molecular flexibility index (Phi) is 3.74. The molecule has 0 nitrogen and oxygen atoms in total. The second-order valence-corrected chi connectivity index (χ2v) is 5.04. The van der Waals surface area contributed by atoms with Crippen LogP contribution in [0.5, 0.6) is 0 Å². The molecule has 2 unspecified atom stereocenters. The Morgan fingerprint density at radius 3 is 2.77 bits per heavy atom. The van der Waals surface area contributed by atoms with Gasteiger partial charge in [0, 0.05) is 5.92 Å². The fourth-order valence-electron chi connectivity index (χ4n) is 1.92. The lowest BCUT2D eigenvalue weighted by Gasteiger charge is -2.34. The maximum absolute atomic E-state index is 5.16. The average Bonchev–Trinajstić information content (AvgIpc) is 2.04. The third-order valence-electron chi connectivity index (χ3n) is 2.66. The van der Waals surface area contributed by atoms with Crippen LogP contribution in [0.25, 0.3) is 0 Å². The van der Waals surface area contributed by atoms with Crippen LogP contribution in [0.4, 0.5) is 0 Å². The fourth-order valence-corrected chi connectivity index (χ4v) is 2.64. The number of thiocarbonyl (C=S) groups is 1. The van der Waals surface area contributed by atoms with Crippen LogP contribution < -0.4 is 0 Å². The molecule has 2 heteroatoms. The second-order valence-electron chi connectivity index (χ2n) is 3.82. The van der Waals surface area contributed by atoms with Gasteiger partial charge in [0.05, 0.1) is 4.20 Å². The van der Waals surface area contributed by atoms with E-state index in [4.69, 9.17) is 12.2 Å². The molecule has 13 heavy (non-hydrogen) atoms. The minimum absolute atomic E-state index is 0.183. The summed E-state index contributed by atoms with van der Waals surface area (Å²) in [5, 5.41) is 0. The van der Waals surface area contributed by atoms with Crippen LogP contribution in [0, 0.1) is 11.3 Å². The van der Waals surface area contributed by atoms with Crippen molar-refractivity contribution in [3.63, 3.8) is 0 Å². The number of hydrogen-bond acceptors (Lipinski definition) is 1. The summed E-state index contributed by atoms with van der Waals surface area (Å²) < 4.78 is 0.802. The van der Waals surface area contributed by atoms with Gasteiger partial charge in [0.2, 0.25) is 0 Å². The minimum atomic E-state index is 0.183. The first-order valence-electron chi connectivity index (χ1n) is 4.69. The van der Waals surface area contributed by atoms with Gasteiger partial charge in [-0.3, -0.25) is 0 Å². The van der Waals surface area contributed by atoms with E-state index in [0.717, 1.165) is 4.20 Å². The normalized spacial score (nSPS) is 32.1. The molecule has 72 valence electrons. The highest BCUT2D eigenvalue weighted by molar-refractivity contribution is 8.11. The first-order chi connectivity index (χ1) is 6.10. The topological polar surface area (TPSA) is 0 Å². The SMILES string of the molecule is CCCC1(C)C=CC=CC1C(=S)S. The first-order valence-corrected chi connectivity index (χ1v) is 5.54. The van der Waals surface area contributed by atoms with Crippen molar-refractivity contribution in [2.45, 2.75) is 26.7 Å². The summed E-state index contributed by atoms with van der Waals surface area (Å²) in [6.07, 6.45) is 10.9. The molecule has 1 rings (SSSR count). The van der Waals surface area contributed by atoms with Gasteiger partial charge in [0.1, 0.15) is 0 Å². The van der Waals surface area contributed by atoms with E-state index in [1.165, 1.54) is 12.8 Å². The third kappa shape index (κ3) is 2.44. The number of hydrogen-bond donors (Lipinski definition) is 1. The van der Waals surface area contributed by atoms with Crippen molar-refractivity contribution in [3.05, 3.63) is 24.3 Å². The van der Waals surface area contributed by atoms with E-state index in [1.807, 2.05) is 0 Å². The van der Waals surface area contributed by atoms with Crippen LogP contribution in [-0.2, 0) is 0 Å². The van der Waals surface area contributed by atoms with Gasteiger partial charge in [-0.05, 0) is 11.8 Å². The van der Waals surface area contributed by atoms with Crippen molar-refractivity contribution in [3.8, 4) is 0 Å². The lowest BCUT2D eigenvalue weighted by molar-refractivity contribution is 0.342. The number of rotatable bonds is 3. The molecule has 0 fully saturated rings. The van der Waals surface area contributed by atoms with Crippen molar-refractivity contribution in [1.82, 2.24) is 0 Å². The molecule has 0 spiro atoms. The van der Waals surface area contributed by atoms with Gasteiger partial charge < -0.3 is 0 Å². The van der Waals surface area contributed by atoms with Crippen LogP contribution >= 0.6 is 24.8 Å². The number of allylic oxidation sites excluding steroid dienone is 4. The highest BCUT2D eigenvalue weighted by Gasteiger charge is 2.31. The Bertz CT molecular complexity index is 253. The molecule has 0 heterocycles. The molecule has 0 aromatic heterocycles. The van der Waals surface area contributed by atoms with Crippen molar-refractivity contribution in [2.24, 2.45) is 11.3 Å². The van der Waals surface area contributed by atoms with Crippen LogP contribution in [0.2, 0.25) is 0 Å². The van der Waals surface area contributed by atoms with E-state index < -0.39 is 0 Å². The van der Waals surface area contributed by atoms with Gasteiger partial charge in [-0.25, -0.2) is 0 Å². The molecule has 0 radical (unpaired) electrons. The first kappa shape index (κ1) is 11.0. The second kappa shape index (κ2) is 4.43. The Morgan fingerprint density at radius 2 is 2.23 bits per heavy atom. The predicted molar refractivity (Wildman–Crippen MR) is 66.4 cm³/mol. The molecule has 0 aromatic rings. The smallest absolute Gasteiger partial charge is 0.0525 e. The highest BCUT2D eigenvalue weighted by atomic mass is 32.1. The van der Waals surface area contributed by atoms with E-state index in [1.54, 1.807) is 0 Å². The zero-order valence-corrected chi connectivity index (χ0v) is 9.87. The summed E-state index contributed by atoms with van der Waals surface area (Å²) >= 11 is 9.45.